The molecule has 0 unspecified atom stereocenters. The highest BCUT2D eigenvalue weighted by Crippen LogP contribution is 2.31. The summed E-state index contributed by atoms with van der Waals surface area (Å²) < 4.78 is 2.11. The first-order valence-corrected chi connectivity index (χ1v) is 8.57. The van der Waals surface area contributed by atoms with Gasteiger partial charge in [-0.2, -0.15) is 0 Å². The Kier molecular flexibility index (Phi) is 5.81. The fourth-order valence-corrected chi connectivity index (χ4v) is 3.70. The van der Waals surface area contributed by atoms with Gasteiger partial charge in [0.15, 0.2) is 4.34 Å². The molecule has 0 saturated heterocycles. The Hall–Kier alpha value is -0.430. The molecule has 1 aromatic heterocycles. The Labute approximate surface area is 130 Å². The second-order valence-corrected chi connectivity index (χ2v) is 7.59. The number of aromatic nitrogens is 2. The first kappa shape index (κ1) is 15.0. The highest BCUT2D eigenvalue weighted by molar-refractivity contribution is 9.10. The van der Waals surface area contributed by atoms with Crippen LogP contribution in [0, 0.1) is 5.92 Å². The lowest BCUT2D eigenvalue weighted by atomic mass is 10.2. The maximum absolute atomic E-state index is 4.04. The van der Waals surface area contributed by atoms with Crippen LogP contribution in [0.25, 0.3) is 0 Å². The van der Waals surface area contributed by atoms with Gasteiger partial charge in [0, 0.05) is 15.9 Å². The molecular formula is C13H16BrN3S2. The van der Waals surface area contributed by atoms with Crippen molar-refractivity contribution in [2.45, 2.75) is 29.6 Å². The van der Waals surface area contributed by atoms with Crippen LogP contribution in [0.4, 0.5) is 0 Å². The molecule has 0 aliphatic carbocycles. The molecule has 6 heteroatoms. The molecule has 0 aliphatic rings. The van der Waals surface area contributed by atoms with E-state index in [9.17, 15) is 0 Å². The molecule has 19 heavy (non-hydrogen) atoms. The maximum atomic E-state index is 4.04. The van der Waals surface area contributed by atoms with Crippen molar-refractivity contribution in [3.8, 4) is 0 Å². The van der Waals surface area contributed by atoms with Crippen molar-refractivity contribution in [1.82, 2.24) is 15.5 Å². The van der Waals surface area contributed by atoms with Gasteiger partial charge in [0.2, 0.25) is 0 Å². The third-order valence-electron chi connectivity index (χ3n) is 2.44. The first-order valence-electron chi connectivity index (χ1n) is 6.08. The summed E-state index contributed by atoms with van der Waals surface area (Å²) in [4.78, 5) is 1.18. The number of halogens is 1. The summed E-state index contributed by atoms with van der Waals surface area (Å²) in [5.41, 5.74) is 3.03. The molecule has 1 aromatic carbocycles. The van der Waals surface area contributed by atoms with E-state index < -0.39 is 0 Å². The zero-order chi connectivity index (χ0) is 13.7. The summed E-state index contributed by atoms with van der Waals surface area (Å²) >= 11 is 6.83. The lowest BCUT2D eigenvalue weighted by Gasteiger charge is -2.09. The second kappa shape index (κ2) is 7.38. The summed E-state index contributed by atoms with van der Waals surface area (Å²) in [7, 11) is 0. The van der Waals surface area contributed by atoms with Gasteiger partial charge in [-0.05, 0) is 30.2 Å². The van der Waals surface area contributed by atoms with Crippen LogP contribution >= 0.6 is 39.0 Å². The largest absolute Gasteiger partial charge is 0.312 e. The third-order valence-corrected chi connectivity index (χ3v) is 4.94. The quantitative estimate of drug-likeness (QED) is 0.840. The first-order chi connectivity index (χ1) is 9.15. The van der Waals surface area contributed by atoms with Gasteiger partial charge >= 0.3 is 0 Å². The number of nitrogens with zero attached hydrogens (tertiary/aromatic N) is 2. The Morgan fingerprint density at radius 1 is 1.42 bits per heavy atom. The number of hydrogen-bond donors (Lipinski definition) is 1. The lowest BCUT2D eigenvalue weighted by Crippen LogP contribution is -2.19. The third kappa shape index (κ3) is 4.87. The summed E-state index contributed by atoms with van der Waals surface area (Å²) in [6.45, 7) is 6.35. The predicted molar refractivity (Wildman–Crippen MR) is 84.7 cm³/mol. The van der Waals surface area contributed by atoms with E-state index in [1.807, 2.05) is 0 Å². The zero-order valence-corrected chi connectivity index (χ0v) is 14.1. The highest BCUT2D eigenvalue weighted by atomic mass is 79.9. The van der Waals surface area contributed by atoms with Crippen LogP contribution in [-0.2, 0) is 6.54 Å². The standard InChI is InChI=1S/C13H16BrN3S2/c1-9(2)6-15-7-10-3-4-11(5-12(10)14)19-13-17-16-8-18-13/h3-5,8-9,15H,6-7H2,1-2H3. The Morgan fingerprint density at radius 2 is 2.26 bits per heavy atom. The zero-order valence-electron chi connectivity index (χ0n) is 10.9. The minimum absolute atomic E-state index is 0.672. The number of hydrogen-bond acceptors (Lipinski definition) is 5. The van der Waals surface area contributed by atoms with E-state index in [0.29, 0.717) is 5.92 Å². The van der Waals surface area contributed by atoms with Crippen molar-refractivity contribution in [1.29, 1.82) is 0 Å². The van der Waals surface area contributed by atoms with Crippen molar-refractivity contribution in [2.24, 2.45) is 5.92 Å². The molecule has 0 spiro atoms. The average molecular weight is 358 g/mol. The van der Waals surface area contributed by atoms with Gasteiger partial charge in [-0.25, -0.2) is 0 Å². The molecular weight excluding hydrogens is 342 g/mol. The molecule has 0 saturated carbocycles. The molecule has 2 rings (SSSR count). The monoisotopic (exact) mass is 357 g/mol. The molecule has 1 heterocycles. The van der Waals surface area contributed by atoms with Crippen LogP contribution < -0.4 is 5.32 Å². The van der Waals surface area contributed by atoms with E-state index in [4.69, 9.17) is 0 Å². The van der Waals surface area contributed by atoms with Crippen molar-refractivity contribution in [2.75, 3.05) is 6.54 Å². The van der Waals surface area contributed by atoms with E-state index in [1.165, 1.54) is 10.5 Å². The van der Waals surface area contributed by atoms with Crippen LogP contribution in [0.1, 0.15) is 19.4 Å². The van der Waals surface area contributed by atoms with Gasteiger partial charge in [-0.3, -0.25) is 0 Å². The number of benzene rings is 1. The second-order valence-electron chi connectivity index (χ2n) is 4.58. The fraction of sp³-hybridized carbons (Fsp3) is 0.385. The molecule has 0 bridgehead atoms. The van der Waals surface area contributed by atoms with Crippen LogP contribution in [0.3, 0.4) is 0 Å². The molecule has 3 nitrogen and oxygen atoms in total. The minimum atomic E-state index is 0.672. The van der Waals surface area contributed by atoms with Crippen molar-refractivity contribution in [3.63, 3.8) is 0 Å². The average Bonchev–Trinajstić information content (AvgIpc) is 2.84. The van der Waals surface area contributed by atoms with Gasteiger partial charge in [0.1, 0.15) is 5.51 Å². The lowest BCUT2D eigenvalue weighted by molar-refractivity contribution is 0.551. The molecule has 2 aromatic rings. The molecule has 0 aliphatic heterocycles. The van der Waals surface area contributed by atoms with Gasteiger partial charge < -0.3 is 5.32 Å². The van der Waals surface area contributed by atoms with E-state index in [-0.39, 0.29) is 0 Å². The number of rotatable bonds is 6. The summed E-state index contributed by atoms with van der Waals surface area (Å²) in [5, 5.41) is 11.3. The Bertz CT molecular complexity index is 515. The Morgan fingerprint density at radius 3 is 2.89 bits per heavy atom. The van der Waals surface area contributed by atoms with Crippen LogP contribution in [0.2, 0.25) is 0 Å². The normalized spacial score (nSPS) is 11.2. The van der Waals surface area contributed by atoms with Gasteiger partial charge in [-0.15, -0.1) is 10.2 Å². The molecule has 0 atom stereocenters. The molecule has 0 radical (unpaired) electrons. The summed E-state index contributed by atoms with van der Waals surface area (Å²) in [6.07, 6.45) is 0. The number of nitrogens with one attached hydrogen (secondary N) is 1. The van der Waals surface area contributed by atoms with Crippen LogP contribution in [0.5, 0.6) is 0 Å². The molecule has 1 N–H and O–H groups in total. The molecule has 102 valence electrons. The summed E-state index contributed by atoms with van der Waals surface area (Å²) in [6, 6.07) is 6.42. The summed E-state index contributed by atoms with van der Waals surface area (Å²) in [5.74, 6) is 0.672. The topological polar surface area (TPSA) is 37.8 Å². The van der Waals surface area contributed by atoms with Crippen LogP contribution in [-0.4, -0.2) is 16.7 Å². The van der Waals surface area contributed by atoms with Crippen molar-refractivity contribution < 1.29 is 0 Å². The van der Waals surface area contributed by atoms with E-state index >= 15 is 0 Å². The van der Waals surface area contributed by atoms with Gasteiger partial charge in [0.25, 0.3) is 0 Å². The maximum Gasteiger partial charge on any atom is 0.178 e. The van der Waals surface area contributed by atoms with Crippen LogP contribution in [0.15, 0.2) is 37.4 Å². The predicted octanol–water partition coefficient (Wildman–Crippen LogP) is 4.20. The van der Waals surface area contributed by atoms with Gasteiger partial charge in [-0.1, -0.05) is 58.9 Å². The molecule has 0 amide bonds. The van der Waals surface area contributed by atoms with E-state index in [1.54, 1.807) is 28.6 Å². The van der Waals surface area contributed by atoms with Crippen molar-refractivity contribution >= 4 is 39.0 Å². The van der Waals surface area contributed by atoms with E-state index in [2.05, 4.69) is 63.5 Å². The minimum Gasteiger partial charge on any atom is -0.312 e. The highest BCUT2D eigenvalue weighted by Gasteiger charge is 2.05. The SMILES string of the molecule is CC(C)CNCc1ccc(Sc2nncs2)cc1Br. The van der Waals surface area contributed by atoms with E-state index in [0.717, 1.165) is 21.9 Å². The molecule has 0 fully saturated rings. The van der Waals surface area contributed by atoms with Gasteiger partial charge in [0.05, 0.1) is 0 Å². The Balaban J connectivity index is 1.96. The fourth-order valence-electron chi connectivity index (χ4n) is 1.54. The van der Waals surface area contributed by atoms with Crippen molar-refractivity contribution in [3.05, 3.63) is 33.7 Å². The smallest absolute Gasteiger partial charge is 0.178 e.